The Kier molecular flexibility index (Phi) is 2.91. The first-order valence-electron chi connectivity index (χ1n) is 6.84. The zero-order chi connectivity index (χ0) is 15.1. The summed E-state index contributed by atoms with van der Waals surface area (Å²) < 4.78 is 2.77. The maximum absolute atomic E-state index is 12.4. The van der Waals surface area contributed by atoms with Crippen molar-refractivity contribution in [3.63, 3.8) is 0 Å². The van der Waals surface area contributed by atoms with E-state index in [0.717, 1.165) is 10.2 Å². The normalized spacial score (nSPS) is 14.8. The van der Waals surface area contributed by atoms with E-state index < -0.39 is 0 Å². The minimum Gasteiger partial charge on any atom is -0.332 e. The van der Waals surface area contributed by atoms with Gasteiger partial charge in [-0.25, -0.2) is 4.98 Å². The first kappa shape index (κ1) is 13.0. The molecule has 3 aromatic rings. The van der Waals surface area contributed by atoms with Gasteiger partial charge in [0.05, 0.1) is 28.0 Å². The number of nitriles is 1. The largest absolute Gasteiger partial charge is 0.332 e. The Morgan fingerprint density at radius 3 is 2.91 bits per heavy atom. The van der Waals surface area contributed by atoms with Crippen LogP contribution < -0.4 is 0 Å². The van der Waals surface area contributed by atoms with Crippen LogP contribution in [0.4, 0.5) is 0 Å². The molecule has 1 amide bonds. The average Bonchev–Trinajstić information content (AvgIpc) is 3.12. The molecule has 1 fully saturated rings. The predicted molar refractivity (Wildman–Crippen MR) is 81.5 cm³/mol. The van der Waals surface area contributed by atoms with Crippen molar-refractivity contribution in [3.8, 4) is 6.07 Å². The van der Waals surface area contributed by atoms with Gasteiger partial charge in [-0.2, -0.15) is 10.4 Å². The van der Waals surface area contributed by atoms with Crippen molar-refractivity contribution in [3.05, 3.63) is 47.2 Å². The number of thiazole rings is 1. The Morgan fingerprint density at radius 2 is 2.18 bits per heavy atom. The lowest BCUT2D eigenvalue weighted by Gasteiger charge is -2.38. The van der Waals surface area contributed by atoms with E-state index in [1.807, 2.05) is 24.3 Å². The summed E-state index contributed by atoms with van der Waals surface area (Å²) in [7, 11) is 0. The molecule has 3 heterocycles. The molecule has 1 aliphatic rings. The molecule has 0 saturated carbocycles. The number of fused-ring (bicyclic) bond motifs is 1. The van der Waals surface area contributed by atoms with Crippen LogP contribution in [0.1, 0.15) is 21.4 Å². The molecule has 1 aromatic carbocycles. The molecule has 4 rings (SSSR count). The van der Waals surface area contributed by atoms with Gasteiger partial charge in [-0.05, 0) is 12.1 Å². The predicted octanol–water partition coefficient (Wildman–Crippen LogP) is 2.06. The van der Waals surface area contributed by atoms with E-state index in [1.54, 1.807) is 15.8 Å². The molecule has 1 saturated heterocycles. The number of likely N-dealkylation sites (tertiary alicyclic amines) is 1. The highest BCUT2D eigenvalue weighted by molar-refractivity contribution is 7.20. The van der Waals surface area contributed by atoms with Crippen molar-refractivity contribution in [1.29, 1.82) is 5.26 Å². The number of para-hydroxylation sites is 1. The van der Waals surface area contributed by atoms with Gasteiger partial charge < -0.3 is 4.90 Å². The van der Waals surface area contributed by atoms with Crippen LogP contribution in [0.5, 0.6) is 0 Å². The van der Waals surface area contributed by atoms with Gasteiger partial charge in [-0.3, -0.25) is 9.48 Å². The van der Waals surface area contributed by atoms with E-state index in [9.17, 15) is 4.79 Å². The van der Waals surface area contributed by atoms with Crippen molar-refractivity contribution in [2.75, 3.05) is 13.1 Å². The fourth-order valence-electron chi connectivity index (χ4n) is 2.48. The van der Waals surface area contributed by atoms with Gasteiger partial charge in [0.25, 0.3) is 5.91 Å². The number of hydrogen-bond donors (Lipinski definition) is 0. The fraction of sp³-hybridized carbons (Fsp3) is 0.200. The van der Waals surface area contributed by atoms with Crippen LogP contribution in [0.25, 0.3) is 10.2 Å². The van der Waals surface area contributed by atoms with Crippen LogP contribution in [-0.2, 0) is 0 Å². The zero-order valence-corrected chi connectivity index (χ0v) is 12.3. The summed E-state index contributed by atoms with van der Waals surface area (Å²) in [6.45, 7) is 1.20. The van der Waals surface area contributed by atoms with Gasteiger partial charge in [-0.1, -0.05) is 12.1 Å². The van der Waals surface area contributed by atoms with E-state index >= 15 is 0 Å². The fourth-order valence-corrected chi connectivity index (χ4v) is 3.42. The third-order valence-electron chi connectivity index (χ3n) is 3.73. The minimum absolute atomic E-state index is 0.0369. The Balaban J connectivity index is 1.48. The second-order valence-electron chi connectivity index (χ2n) is 5.17. The second-order valence-corrected chi connectivity index (χ2v) is 6.20. The number of amides is 1. The van der Waals surface area contributed by atoms with Crippen molar-refractivity contribution >= 4 is 27.5 Å². The minimum atomic E-state index is -0.0369. The number of benzene rings is 1. The summed E-state index contributed by atoms with van der Waals surface area (Å²) in [4.78, 5) is 18.6. The summed E-state index contributed by atoms with van der Waals surface area (Å²) in [5.41, 5.74) is 1.40. The van der Waals surface area contributed by atoms with Gasteiger partial charge in [-0.15, -0.1) is 11.3 Å². The number of aromatic nitrogens is 3. The first-order valence-corrected chi connectivity index (χ1v) is 7.65. The molecule has 0 spiro atoms. The quantitative estimate of drug-likeness (QED) is 0.726. The summed E-state index contributed by atoms with van der Waals surface area (Å²) in [5.74, 6) is -0.0369. The van der Waals surface area contributed by atoms with Crippen LogP contribution in [0.15, 0.2) is 36.7 Å². The lowest BCUT2D eigenvalue weighted by molar-refractivity contribution is 0.0501. The molecule has 0 bridgehead atoms. The number of carbonyl (C=O) groups excluding carboxylic acids is 1. The third-order valence-corrected chi connectivity index (χ3v) is 4.76. The van der Waals surface area contributed by atoms with E-state index in [1.165, 1.54) is 17.5 Å². The molecule has 0 N–H and O–H groups in total. The molecule has 1 aliphatic heterocycles. The highest BCUT2D eigenvalue weighted by Gasteiger charge is 2.34. The van der Waals surface area contributed by atoms with Gasteiger partial charge in [0.15, 0.2) is 5.01 Å². The van der Waals surface area contributed by atoms with E-state index in [2.05, 4.69) is 16.2 Å². The Labute approximate surface area is 130 Å². The smallest absolute Gasteiger partial charge is 0.283 e. The Bertz CT molecular complexity index is 867. The summed E-state index contributed by atoms with van der Waals surface area (Å²) in [5, 5.41) is 13.5. The van der Waals surface area contributed by atoms with E-state index in [-0.39, 0.29) is 11.9 Å². The van der Waals surface area contributed by atoms with Crippen molar-refractivity contribution < 1.29 is 4.79 Å². The summed E-state index contributed by atoms with van der Waals surface area (Å²) in [6, 6.07) is 9.93. The highest BCUT2D eigenvalue weighted by atomic mass is 32.1. The van der Waals surface area contributed by atoms with Gasteiger partial charge in [0.2, 0.25) is 0 Å². The highest BCUT2D eigenvalue weighted by Crippen LogP contribution is 2.27. The Morgan fingerprint density at radius 1 is 1.36 bits per heavy atom. The topological polar surface area (TPSA) is 74.8 Å². The van der Waals surface area contributed by atoms with E-state index in [4.69, 9.17) is 5.26 Å². The summed E-state index contributed by atoms with van der Waals surface area (Å²) in [6.07, 6.45) is 3.25. The van der Waals surface area contributed by atoms with Gasteiger partial charge in [0, 0.05) is 19.3 Å². The lowest BCUT2D eigenvalue weighted by Crippen LogP contribution is -2.50. The lowest BCUT2D eigenvalue weighted by atomic mass is 10.1. The number of nitrogens with zero attached hydrogens (tertiary/aromatic N) is 5. The molecule has 0 aliphatic carbocycles. The maximum atomic E-state index is 12.4. The molecule has 0 unspecified atom stereocenters. The maximum Gasteiger partial charge on any atom is 0.283 e. The van der Waals surface area contributed by atoms with Gasteiger partial charge >= 0.3 is 0 Å². The van der Waals surface area contributed by atoms with Crippen molar-refractivity contribution in [1.82, 2.24) is 19.7 Å². The van der Waals surface area contributed by atoms with Crippen LogP contribution in [0, 0.1) is 11.3 Å². The molecule has 0 radical (unpaired) electrons. The monoisotopic (exact) mass is 309 g/mol. The second kappa shape index (κ2) is 4.93. The standard InChI is InChI=1S/C15H11N5OS/c16-5-10-6-17-20(7-10)11-8-19(9-11)15(21)14-18-12-3-1-2-4-13(12)22-14/h1-4,6-7,11H,8-9H2. The number of rotatable bonds is 2. The van der Waals surface area contributed by atoms with Crippen molar-refractivity contribution in [2.24, 2.45) is 0 Å². The SMILES string of the molecule is N#Cc1cnn(C2CN(C(=O)c3nc4ccccc4s3)C2)c1. The molecular formula is C15H11N5OS. The molecule has 7 heteroatoms. The molecule has 22 heavy (non-hydrogen) atoms. The molecule has 2 aromatic heterocycles. The number of carbonyl (C=O) groups is 1. The van der Waals surface area contributed by atoms with Crippen LogP contribution >= 0.6 is 11.3 Å². The molecule has 0 atom stereocenters. The number of hydrogen-bond acceptors (Lipinski definition) is 5. The zero-order valence-electron chi connectivity index (χ0n) is 11.5. The first-order chi connectivity index (χ1) is 10.7. The van der Waals surface area contributed by atoms with Crippen molar-refractivity contribution in [2.45, 2.75) is 6.04 Å². The Hall–Kier alpha value is -2.72. The van der Waals surface area contributed by atoms with Gasteiger partial charge in [0.1, 0.15) is 6.07 Å². The molecule has 108 valence electrons. The average molecular weight is 309 g/mol. The van der Waals surface area contributed by atoms with Crippen LogP contribution in [0.2, 0.25) is 0 Å². The van der Waals surface area contributed by atoms with E-state index in [0.29, 0.717) is 23.7 Å². The molecular weight excluding hydrogens is 298 g/mol. The summed E-state index contributed by atoms with van der Waals surface area (Å²) >= 11 is 1.42. The molecule has 6 nitrogen and oxygen atoms in total. The van der Waals surface area contributed by atoms with Crippen LogP contribution in [0.3, 0.4) is 0 Å². The van der Waals surface area contributed by atoms with Crippen LogP contribution in [-0.4, -0.2) is 38.7 Å². The third kappa shape index (κ3) is 2.05.